The highest BCUT2D eigenvalue weighted by molar-refractivity contribution is 6.09. The fourth-order valence-corrected chi connectivity index (χ4v) is 3.04. The zero-order valence-corrected chi connectivity index (χ0v) is 12.4. The zero-order valence-electron chi connectivity index (χ0n) is 12.4. The molecule has 0 fully saturated rings. The lowest BCUT2D eigenvalue weighted by Crippen LogP contribution is -1.99. The Labute approximate surface area is 127 Å². The second-order valence-corrected chi connectivity index (χ2v) is 5.62. The van der Waals surface area contributed by atoms with Gasteiger partial charge in [0.1, 0.15) is 11.3 Å². The molecule has 1 aromatic carbocycles. The summed E-state index contributed by atoms with van der Waals surface area (Å²) in [4.78, 5) is 4.15. The summed E-state index contributed by atoms with van der Waals surface area (Å²) in [5.41, 5.74) is 2.98. The van der Waals surface area contributed by atoms with Gasteiger partial charge in [-0.05, 0) is 42.5 Å². The summed E-state index contributed by atoms with van der Waals surface area (Å²) in [5.74, 6) is -0.223. The summed E-state index contributed by atoms with van der Waals surface area (Å²) >= 11 is 0. The molecular formula is C18H16FN3. The average Bonchev–Trinajstić information content (AvgIpc) is 2.93. The van der Waals surface area contributed by atoms with E-state index in [4.69, 9.17) is 0 Å². The third-order valence-corrected chi connectivity index (χ3v) is 4.13. The molecule has 3 nitrogen and oxygen atoms in total. The van der Waals surface area contributed by atoms with Crippen molar-refractivity contribution in [3.8, 4) is 0 Å². The van der Waals surface area contributed by atoms with Crippen molar-refractivity contribution in [2.24, 2.45) is 0 Å². The molecule has 4 heteroatoms. The number of halogens is 1. The fraction of sp³-hybridized carbons (Fsp3) is 0.222. The van der Waals surface area contributed by atoms with E-state index in [0.29, 0.717) is 0 Å². The molecule has 4 rings (SSSR count). The van der Waals surface area contributed by atoms with Gasteiger partial charge in [-0.2, -0.15) is 5.10 Å². The number of fused-ring (bicyclic) bond motifs is 5. The maximum atomic E-state index is 13.7. The molecule has 0 spiro atoms. The molecule has 4 aromatic rings. The highest BCUT2D eigenvalue weighted by atomic mass is 19.1. The van der Waals surface area contributed by atoms with Crippen LogP contribution in [0, 0.1) is 5.82 Å². The number of aryl methyl sites for hydroxylation is 1. The summed E-state index contributed by atoms with van der Waals surface area (Å²) in [6, 6.07) is 9.03. The van der Waals surface area contributed by atoms with Gasteiger partial charge in [0.05, 0.1) is 11.7 Å². The van der Waals surface area contributed by atoms with Crippen LogP contribution in [0.3, 0.4) is 0 Å². The van der Waals surface area contributed by atoms with E-state index in [0.717, 1.165) is 52.1 Å². The Hall–Kier alpha value is -2.49. The fourth-order valence-electron chi connectivity index (χ4n) is 3.04. The molecule has 0 radical (unpaired) electrons. The van der Waals surface area contributed by atoms with Gasteiger partial charge >= 0.3 is 0 Å². The highest BCUT2D eigenvalue weighted by Crippen LogP contribution is 2.29. The third kappa shape index (κ3) is 1.95. The summed E-state index contributed by atoms with van der Waals surface area (Å²) in [5, 5.41) is 7.65. The largest absolute Gasteiger partial charge is 0.262 e. The van der Waals surface area contributed by atoms with E-state index in [9.17, 15) is 4.39 Å². The van der Waals surface area contributed by atoms with Crippen LogP contribution in [-0.2, 0) is 6.42 Å². The molecule has 0 amide bonds. The Morgan fingerprint density at radius 3 is 2.91 bits per heavy atom. The first-order chi connectivity index (χ1) is 10.8. The van der Waals surface area contributed by atoms with Crippen molar-refractivity contribution in [1.29, 1.82) is 0 Å². The Balaban J connectivity index is 2.17. The molecule has 0 atom stereocenters. The summed E-state index contributed by atoms with van der Waals surface area (Å²) in [7, 11) is 0. The summed E-state index contributed by atoms with van der Waals surface area (Å²) < 4.78 is 15.7. The molecule has 3 heterocycles. The predicted molar refractivity (Wildman–Crippen MR) is 86.6 cm³/mol. The molecule has 0 aliphatic rings. The molecule has 0 bridgehead atoms. The van der Waals surface area contributed by atoms with E-state index >= 15 is 0 Å². The van der Waals surface area contributed by atoms with Crippen molar-refractivity contribution in [1.82, 2.24) is 14.6 Å². The Bertz CT molecular complexity index is 988. The lowest BCUT2D eigenvalue weighted by molar-refractivity contribution is 0.629. The minimum atomic E-state index is -0.223. The molecule has 0 N–H and O–H groups in total. The lowest BCUT2D eigenvalue weighted by Gasteiger charge is -2.08. The minimum Gasteiger partial charge on any atom is -0.262 e. The van der Waals surface area contributed by atoms with Crippen LogP contribution in [0.25, 0.3) is 27.2 Å². The quantitative estimate of drug-likeness (QED) is 0.556. The van der Waals surface area contributed by atoms with Crippen molar-refractivity contribution in [3.63, 3.8) is 0 Å². The van der Waals surface area contributed by atoms with Gasteiger partial charge in [-0.25, -0.2) is 8.91 Å². The Morgan fingerprint density at radius 2 is 2.05 bits per heavy atom. The van der Waals surface area contributed by atoms with Crippen LogP contribution < -0.4 is 0 Å². The maximum absolute atomic E-state index is 13.7. The monoisotopic (exact) mass is 293 g/mol. The van der Waals surface area contributed by atoms with Crippen LogP contribution in [-0.4, -0.2) is 14.6 Å². The van der Waals surface area contributed by atoms with Gasteiger partial charge in [0.2, 0.25) is 0 Å². The van der Waals surface area contributed by atoms with Gasteiger partial charge < -0.3 is 0 Å². The Kier molecular flexibility index (Phi) is 3.03. The molecule has 110 valence electrons. The number of aromatic nitrogens is 3. The second-order valence-electron chi connectivity index (χ2n) is 5.62. The maximum Gasteiger partial charge on any atom is 0.123 e. The highest BCUT2D eigenvalue weighted by Gasteiger charge is 2.13. The van der Waals surface area contributed by atoms with Crippen LogP contribution in [0.15, 0.2) is 42.7 Å². The molecule has 0 saturated heterocycles. The summed E-state index contributed by atoms with van der Waals surface area (Å²) in [6.07, 6.45) is 6.72. The first-order valence-electron chi connectivity index (χ1n) is 7.61. The van der Waals surface area contributed by atoms with Crippen LogP contribution in [0.2, 0.25) is 0 Å². The van der Waals surface area contributed by atoms with Crippen LogP contribution in [0.4, 0.5) is 4.39 Å². The van der Waals surface area contributed by atoms with Gasteiger partial charge in [-0.3, -0.25) is 4.98 Å². The first kappa shape index (κ1) is 13.2. The second kappa shape index (κ2) is 5.05. The van der Waals surface area contributed by atoms with Crippen molar-refractivity contribution < 1.29 is 4.39 Å². The van der Waals surface area contributed by atoms with E-state index in [2.05, 4.69) is 23.1 Å². The molecule has 0 saturated carbocycles. The van der Waals surface area contributed by atoms with Gasteiger partial charge in [0, 0.05) is 22.7 Å². The van der Waals surface area contributed by atoms with Gasteiger partial charge in [-0.1, -0.05) is 19.4 Å². The molecule has 0 aliphatic heterocycles. The number of hydrogen-bond acceptors (Lipinski definition) is 2. The van der Waals surface area contributed by atoms with Crippen molar-refractivity contribution in [2.45, 2.75) is 26.2 Å². The number of benzene rings is 1. The zero-order chi connectivity index (χ0) is 15.1. The van der Waals surface area contributed by atoms with E-state index in [1.807, 2.05) is 16.6 Å². The Morgan fingerprint density at radius 1 is 1.14 bits per heavy atom. The smallest absolute Gasteiger partial charge is 0.123 e. The number of pyridine rings is 2. The number of hydrogen-bond donors (Lipinski definition) is 0. The van der Waals surface area contributed by atoms with Crippen molar-refractivity contribution in [2.75, 3.05) is 0 Å². The molecule has 0 unspecified atom stereocenters. The van der Waals surface area contributed by atoms with Gasteiger partial charge in [-0.15, -0.1) is 0 Å². The first-order valence-corrected chi connectivity index (χ1v) is 7.61. The standard InChI is InChI=1S/C18H16FN3/c1-2-3-4-14-9-12-5-6-13(19)10-16(12)18-15-7-8-20-11-17(15)21-22(14)18/h5-11H,2-4H2,1H3. The van der Waals surface area contributed by atoms with Gasteiger partial charge in [0.25, 0.3) is 0 Å². The molecule has 22 heavy (non-hydrogen) atoms. The number of nitrogens with zero attached hydrogens (tertiary/aromatic N) is 3. The van der Waals surface area contributed by atoms with Crippen LogP contribution >= 0.6 is 0 Å². The normalized spacial score (nSPS) is 11.7. The summed E-state index contributed by atoms with van der Waals surface area (Å²) in [6.45, 7) is 2.18. The minimum absolute atomic E-state index is 0.223. The van der Waals surface area contributed by atoms with Crippen LogP contribution in [0.5, 0.6) is 0 Å². The van der Waals surface area contributed by atoms with Gasteiger partial charge in [0.15, 0.2) is 0 Å². The van der Waals surface area contributed by atoms with Crippen molar-refractivity contribution in [3.05, 3.63) is 54.2 Å². The lowest BCUT2D eigenvalue weighted by atomic mass is 10.1. The topological polar surface area (TPSA) is 30.2 Å². The van der Waals surface area contributed by atoms with E-state index in [-0.39, 0.29) is 5.82 Å². The SMILES string of the molecule is CCCCc1cc2ccc(F)cc2c2c3ccncc3nn12. The third-order valence-electron chi connectivity index (χ3n) is 4.13. The average molecular weight is 293 g/mol. The predicted octanol–water partition coefficient (Wildman–Crippen LogP) is 4.52. The van der Waals surface area contributed by atoms with E-state index in [1.54, 1.807) is 18.5 Å². The van der Waals surface area contributed by atoms with Crippen LogP contribution in [0.1, 0.15) is 25.5 Å². The van der Waals surface area contributed by atoms with E-state index in [1.165, 1.54) is 6.07 Å². The number of rotatable bonds is 3. The molecule has 0 aliphatic carbocycles. The van der Waals surface area contributed by atoms with E-state index < -0.39 is 0 Å². The molecule has 3 aromatic heterocycles. The number of unbranched alkanes of at least 4 members (excludes halogenated alkanes) is 1. The molecular weight excluding hydrogens is 277 g/mol. The van der Waals surface area contributed by atoms with Crippen molar-refractivity contribution >= 4 is 27.2 Å².